The van der Waals surface area contributed by atoms with E-state index in [-0.39, 0.29) is 16.4 Å². The number of carbonyl (C=O) groups is 2. The van der Waals surface area contributed by atoms with Gasteiger partial charge in [0.1, 0.15) is 0 Å². The van der Waals surface area contributed by atoms with Crippen molar-refractivity contribution in [1.29, 1.82) is 0 Å². The van der Waals surface area contributed by atoms with Gasteiger partial charge in [-0.3, -0.25) is 14.9 Å². The van der Waals surface area contributed by atoms with E-state index >= 15 is 0 Å². The van der Waals surface area contributed by atoms with E-state index in [0.29, 0.717) is 11.3 Å². The van der Waals surface area contributed by atoms with E-state index in [1.54, 1.807) is 36.4 Å². The van der Waals surface area contributed by atoms with Gasteiger partial charge in [-0.25, -0.2) is 0 Å². The maximum atomic E-state index is 12.9. The van der Waals surface area contributed by atoms with Crippen LogP contribution in [-0.4, -0.2) is 16.9 Å². The lowest BCUT2D eigenvalue weighted by Crippen LogP contribution is -2.34. The van der Waals surface area contributed by atoms with Gasteiger partial charge < -0.3 is 10.6 Å². The molecule has 5 nitrogen and oxygen atoms in total. The zero-order valence-corrected chi connectivity index (χ0v) is 18.6. The van der Waals surface area contributed by atoms with Gasteiger partial charge in [-0.2, -0.15) is 13.2 Å². The van der Waals surface area contributed by atoms with Crippen LogP contribution in [0.25, 0.3) is 0 Å². The summed E-state index contributed by atoms with van der Waals surface area (Å²) >= 11 is 8.43. The Morgan fingerprint density at radius 1 is 0.781 bits per heavy atom. The fourth-order valence-electron chi connectivity index (χ4n) is 2.65. The zero-order valence-electron chi connectivity index (χ0n) is 16.2. The van der Waals surface area contributed by atoms with Crippen LogP contribution in [0.3, 0.4) is 0 Å². The first kappa shape index (κ1) is 23.4. The van der Waals surface area contributed by atoms with Gasteiger partial charge in [0.15, 0.2) is 5.11 Å². The van der Waals surface area contributed by atoms with Crippen molar-refractivity contribution < 1.29 is 22.8 Å². The number of anilines is 2. The van der Waals surface area contributed by atoms with E-state index in [1.807, 2.05) is 0 Å². The van der Waals surface area contributed by atoms with Crippen LogP contribution in [0.5, 0.6) is 0 Å². The summed E-state index contributed by atoms with van der Waals surface area (Å²) in [5.41, 5.74) is 0.168. The molecule has 164 valence electrons. The maximum Gasteiger partial charge on any atom is 0.416 e. The van der Waals surface area contributed by atoms with Crippen LogP contribution >= 0.6 is 28.1 Å². The van der Waals surface area contributed by atoms with E-state index in [0.717, 1.165) is 16.6 Å². The highest BCUT2D eigenvalue weighted by atomic mass is 79.9. The molecular weight excluding hydrogens is 507 g/mol. The molecule has 0 saturated heterocycles. The first-order valence-corrected chi connectivity index (χ1v) is 10.3. The highest BCUT2D eigenvalue weighted by Crippen LogP contribution is 2.30. The second-order valence-electron chi connectivity index (χ2n) is 6.53. The van der Waals surface area contributed by atoms with E-state index in [4.69, 9.17) is 12.2 Å². The summed E-state index contributed by atoms with van der Waals surface area (Å²) in [6.45, 7) is 0. The molecule has 0 aliphatic carbocycles. The van der Waals surface area contributed by atoms with Crippen LogP contribution in [-0.2, 0) is 6.18 Å². The summed E-state index contributed by atoms with van der Waals surface area (Å²) in [4.78, 5) is 24.7. The van der Waals surface area contributed by atoms with Crippen molar-refractivity contribution in [1.82, 2.24) is 5.32 Å². The maximum absolute atomic E-state index is 12.9. The minimum Gasteiger partial charge on any atom is -0.332 e. The van der Waals surface area contributed by atoms with E-state index in [9.17, 15) is 22.8 Å². The first-order chi connectivity index (χ1) is 15.1. The molecule has 2 amide bonds. The molecule has 0 aliphatic rings. The Morgan fingerprint density at radius 2 is 1.41 bits per heavy atom. The Morgan fingerprint density at radius 3 is 2.06 bits per heavy atom. The van der Waals surface area contributed by atoms with Crippen LogP contribution in [0.1, 0.15) is 26.3 Å². The number of nitrogens with one attached hydrogen (secondary N) is 3. The highest BCUT2D eigenvalue weighted by Gasteiger charge is 2.30. The predicted molar refractivity (Wildman–Crippen MR) is 124 cm³/mol. The van der Waals surface area contributed by atoms with Crippen LogP contribution in [0.15, 0.2) is 77.3 Å². The van der Waals surface area contributed by atoms with Crippen molar-refractivity contribution in [2.75, 3.05) is 10.6 Å². The van der Waals surface area contributed by atoms with Crippen LogP contribution < -0.4 is 16.0 Å². The standard InChI is InChI=1S/C22H15BrF3N3O2S/c23-16-9-7-13(8-10-16)19(30)29-21(32)28-17-5-1-3-14(11-17)20(31)27-18-6-2-4-15(12-18)22(24,25)26/h1-12H,(H,27,31)(H2,28,29,30,32). The summed E-state index contributed by atoms with van der Waals surface area (Å²) < 4.78 is 39.4. The van der Waals surface area contributed by atoms with E-state index < -0.39 is 23.6 Å². The summed E-state index contributed by atoms with van der Waals surface area (Å²) in [7, 11) is 0. The minimum atomic E-state index is -4.51. The Balaban J connectivity index is 1.64. The third kappa shape index (κ3) is 6.38. The smallest absolute Gasteiger partial charge is 0.332 e. The quantitative estimate of drug-likeness (QED) is 0.377. The van der Waals surface area contributed by atoms with Gasteiger partial charge in [0.2, 0.25) is 0 Å². The molecule has 0 unspecified atom stereocenters. The number of benzene rings is 3. The molecule has 0 spiro atoms. The Hall–Kier alpha value is -3.24. The molecule has 0 heterocycles. The largest absolute Gasteiger partial charge is 0.416 e. The molecule has 0 aromatic heterocycles. The van der Waals surface area contributed by atoms with Gasteiger partial charge in [0.05, 0.1) is 5.56 Å². The number of rotatable bonds is 4. The molecule has 3 rings (SSSR count). The molecule has 10 heteroatoms. The van der Waals surface area contributed by atoms with E-state index in [1.165, 1.54) is 24.3 Å². The van der Waals surface area contributed by atoms with Crippen molar-refractivity contribution in [3.63, 3.8) is 0 Å². The number of thiocarbonyl (C=S) groups is 1. The summed E-state index contributed by atoms with van der Waals surface area (Å²) in [6, 6.07) is 17.2. The van der Waals surface area contributed by atoms with Gasteiger partial charge in [-0.05, 0) is 72.9 Å². The molecule has 0 bridgehead atoms. The molecule has 3 aromatic rings. The SMILES string of the molecule is O=C(NC(=S)Nc1cccc(C(=O)Nc2cccc(C(F)(F)F)c2)c1)c1ccc(Br)cc1. The lowest BCUT2D eigenvalue weighted by molar-refractivity contribution is -0.137. The average Bonchev–Trinajstić information content (AvgIpc) is 2.74. The molecule has 3 aromatic carbocycles. The van der Waals surface area contributed by atoms with Gasteiger partial charge in [-0.1, -0.05) is 28.1 Å². The van der Waals surface area contributed by atoms with Crippen molar-refractivity contribution in [3.05, 3.63) is 94.0 Å². The van der Waals surface area contributed by atoms with Crippen LogP contribution in [0, 0.1) is 0 Å². The molecule has 0 fully saturated rings. The van der Waals surface area contributed by atoms with Gasteiger partial charge in [0.25, 0.3) is 11.8 Å². The van der Waals surface area contributed by atoms with Crippen molar-refractivity contribution in [2.24, 2.45) is 0 Å². The number of hydrogen-bond donors (Lipinski definition) is 3. The molecule has 32 heavy (non-hydrogen) atoms. The Kier molecular flexibility index (Phi) is 7.26. The van der Waals surface area contributed by atoms with Gasteiger partial charge >= 0.3 is 6.18 Å². The normalized spacial score (nSPS) is 10.9. The van der Waals surface area contributed by atoms with Gasteiger partial charge in [-0.15, -0.1) is 0 Å². The van der Waals surface area contributed by atoms with Crippen molar-refractivity contribution >= 4 is 56.4 Å². The Bertz CT molecular complexity index is 1170. The lowest BCUT2D eigenvalue weighted by atomic mass is 10.1. The molecular formula is C22H15BrF3N3O2S. The minimum absolute atomic E-state index is 0.0143. The topological polar surface area (TPSA) is 70.2 Å². The molecule has 0 aliphatic heterocycles. The monoisotopic (exact) mass is 521 g/mol. The fraction of sp³-hybridized carbons (Fsp3) is 0.0455. The fourth-order valence-corrected chi connectivity index (χ4v) is 3.13. The zero-order chi connectivity index (χ0) is 23.3. The van der Waals surface area contributed by atoms with Crippen molar-refractivity contribution in [3.8, 4) is 0 Å². The van der Waals surface area contributed by atoms with Crippen molar-refractivity contribution in [2.45, 2.75) is 6.18 Å². The average molecular weight is 522 g/mol. The number of carbonyl (C=O) groups excluding carboxylic acids is 2. The third-order valence-electron chi connectivity index (χ3n) is 4.16. The summed E-state index contributed by atoms with van der Waals surface area (Å²) in [5, 5.41) is 7.79. The third-order valence-corrected chi connectivity index (χ3v) is 4.90. The molecule has 0 atom stereocenters. The summed E-state index contributed by atoms with van der Waals surface area (Å²) in [6.07, 6.45) is -4.51. The van der Waals surface area contributed by atoms with E-state index in [2.05, 4.69) is 31.9 Å². The molecule has 0 radical (unpaired) electrons. The molecule has 3 N–H and O–H groups in total. The molecule has 0 saturated carbocycles. The lowest BCUT2D eigenvalue weighted by Gasteiger charge is -2.12. The number of hydrogen-bond acceptors (Lipinski definition) is 3. The van der Waals surface area contributed by atoms with Gasteiger partial charge in [0, 0.05) is 27.0 Å². The summed E-state index contributed by atoms with van der Waals surface area (Å²) in [5.74, 6) is -1.01. The van der Waals surface area contributed by atoms with Crippen LogP contribution in [0.4, 0.5) is 24.5 Å². The highest BCUT2D eigenvalue weighted by molar-refractivity contribution is 9.10. The second kappa shape index (κ2) is 9.92. The first-order valence-electron chi connectivity index (χ1n) is 9.08. The number of halogens is 4. The Labute approximate surface area is 195 Å². The predicted octanol–water partition coefficient (Wildman–Crippen LogP) is 5.85. The number of amides is 2. The number of alkyl halides is 3. The van der Waals surface area contributed by atoms with Crippen LogP contribution in [0.2, 0.25) is 0 Å². The second-order valence-corrected chi connectivity index (χ2v) is 7.85.